The van der Waals surface area contributed by atoms with Gasteiger partial charge in [-0.25, -0.2) is 9.37 Å². The molecule has 0 spiro atoms. The van der Waals surface area contributed by atoms with Gasteiger partial charge in [0.2, 0.25) is 0 Å². The van der Waals surface area contributed by atoms with E-state index in [1.807, 2.05) is 18.2 Å². The Kier molecular flexibility index (Phi) is 1.96. The molecule has 2 aromatic carbocycles. The van der Waals surface area contributed by atoms with E-state index < -0.39 is 0 Å². The molecule has 0 aliphatic heterocycles. The van der Waals surface area contributed by atoms with E-state index in [0.717, 1.165) is 11.1 Å². The molecule has 0 aliphatic carbocycles. The van der Waals surface area contributed by atoms with Gasteiger partial charge in [0, 0.05) is 5.56 Å². The van der Waals surface area contributed by atoms with E-state index in [0.29, 0.717) is 11.1 Å². The van der Waals surface area contributed by atoms with Crippen LogP contribution >= 0.6 is 0 Å². The minimum Gasteiger partial charge on any atom is -0.443 e. The molecule has 3 rings (SSSR count). The quantitative estimate of drug-likeness (QED) is 0.616. The first-order chi connectivity index (χ1) is 7.84. The molecule has 0 aliphatic rings. The smallest absolute Gasteiger partial charge is 0.181 e. The predicted octanol–water partition coefficient (Wildman–Crippen LogP) is 3.63. The number of hydrogen-bond acceptors (Lipinski definition) is 2. The number of fused-ring (bicyclic) bond motifs is 1. The Balaban J connectivity index is 2.22. The Morgan fingerprint density at radius 1 is 1.06 bits per heavy atom. The van der Waals surface area contributed by atoms with Crippen LogP contribution in [0.5, 0.6) is 0 Å². The molecule has 1 heterocycles. The van der Waals surface area contributed by atoms with Crippen LogP contribution < -0.4 is 0 Å². The minimum absolute atomic E-state index is 0.235. The first-order valence-electron chi connectivity index (χ1n) is 4.93. The van der Waals surface area contributed by atoms with Crippen LogP contribution in [0.3, 0.4) is 0 Å². The molecule has 0 saturated heterocycles. The third-order valence-corrected chi connectivity index (χ3v) is 2.52. The maximum absolute atomic E-state index is 13.6. The molecule has 0 amide bonds. The zero-order valence-corrected chi connectivity index (χ0v) is 8.35. The lowest BCUT2D eigenvalue weighted by molar-refractivity contribution is 0.602. The monoisotopic (exact) mass is 213 g/mol. The third-order valence-electron chi connectivity index (χ3n) is 2.52. The van der Waals surface area contributed by atoms with Crippen molar-refractivity contribution in [2.45, 2.75) is 0 Å². The Morgan fingerprint density at radius 3 is 2.81 bits per heavy atom. The number of halogens is 1. The first kappa shape index (κ1) is 9.09. The maximum Gasteiger partial charge on any atom is 0.181 e. The van der Waals surface area contributed by atoms with E-state index in [4.69, 9.17) is 4.42 Å². The second kappa shape index (κ2) is 3.45. The summed E-state index contributed by atoms with van der Waals surface area (Å²) in [7, 11) is 0. The van der Waals surface area contributed by atoms with Gasteiger partial charge >= 0.3 is 0 Å². The fraction of sp³-hybridized carbons (Fsp3) is 0. The molecule has 2 nitrogen and oxygen atoms in total. The van der Waals surface area contributed by atoms with Gasteiger partial charge in [-0.2, -0.15) is 0 Å². The average Bonchev–Trinajstić information content (AvgIpc) is 2.76. The molecule has 0 fully saturated rings. The second-order valence-corrected chi connectivity index (χ2v) is 3.51. The Morgan fingerprint density at radius 2 is 1.94 bits per heavy atom. The van der Waals surface area contributed by atoms with Crippen molar-refractivity contribution >= 4 is 11.1 Å². The summed E-state index contributed by atoms with van der Waals surface area (Å²) < 4.78 is 18.7. The Hall–Kier alpha value is -2.16. The summed E-state index contributed by atoms with van der Waals surface area (Å²) in [5, 5.41) is 0. The summed E-state index contributed by atoms with van der Waals surface area (Å²) in [6.07, 6.45) is 1.38. The van der Waals surface area contributed by atoms with Crippen molar-refractivity contribution in [3.05, 3.63) is 54.7 Å². The van der Waals surface area contributed by atoms with Gasteiger partial charge in [-0.3, -0.25) is 0 Å². The van der Waals surface area contributed by atoms with Crippen LogP contribution in [-0.2, 0) is 0 Å². The van der Waals surface area contributed by atoms with Crippen molar-refractivity contribution in [1.29, 1.82) is 0 Å². The first-order valence-corrected chi connectivity index (χ1v) is 4.93. The van der Waals surface area contributed by atoms with Crippen LogP contribution in [0.4, 0.5) is 4.39 Å². The van der Waals surface area contributed by atoms with Crippen molar-refractivity contribution in [3.8, 4) is 11.1 Å². The predicted molar refractivity (Wildman–Crippen MR) is 59.4 cm³/mol. The highest BCUT2D eigenvalue weighted by Crippen LogP contribution is 2.25. The van der Waals surface area contributed by atoms with Gasteiger partial charge in [-0.1, -0.05) is 24.3 Å². The lowest BCUT2D eigenvalue weighted by Crippen LogP contribution is -1.82. The third kappa shape index (κ3) is 1.37. The highest BCUT2D eigenvalue weighted by molar-refractivity contribution is 5.80. The average molecular weight is 213 g/mol. The van der Waals surface area contributed by atoms with Crippen LogP contribution in [0, 0.1) is 5.82 Å². The molecule has 0 atom stereocenters. The highest BCUT2D eigenvalue weighted by atomic mass is 19.1. The molecule has 0 radical (unpaired) electrons. The summed E-state index contributed by atoms with van der Waals surface area (Å²) in [5.41, 5.74) is 2.81. The molecule has 3 heteroatoms. The Labute approximate surface area is 91.3 Å². The van der Waals surface area contributed by atoms with Gasteiger partial charge < -0.3 is 4.42 Å². The highest BCUT2D eigenvalue weighted by Gasteiger charge is 2.06. The largest absolute Gasteiger partial charge is 0.443 e. The number of rotatable bonds is 1. The molecule has 3 aromatic rings. The summed E-state index contributed by atoms with van der Waals surface area (Å²) in [6.45, 7) is 0. The van der Waals surface area contributed by atoms with E-state index in [-0.39, 0.29) is 5.82 Å². The standard InChI is InChI=1S/C13H8FNO/c14-11-4-2-1-3-10(11)9-5-6-12-13(7-9)16-8-15-12/h1-8H. The van der Waals surface area contributed by atoms with Gasteiger partial charge in [0.1, 0.15) is 11.3 Å². The lowest BCUT2D eigenvalue weighted by Gasteiger charge is -2.02. The van der Waals surface area contributed by atoms with Gasteiger partial charge in [-0.05, 0) is 23.8 Å². The van der Waals surface area contributed by atoms with Crippen LogP contribution in [-0.4, -0.2) is 4.98 Å². The normalized spacial score (nSPS) is 10.8. The molecule has 0 unspecified atom stereocenters. The summed E-state index contributed by atoms with van der Waals surface area (Å²) in [6, 6.07) is 12.1. The van der Waals surface area contributed by atoms with Gasteiger partial charge in [-0.15, -0.1) is 0 Å². The number of hydrogen-bond donors (Lipinski definition) is 0. The van der Waals surface area contributed by atoms with Crippen molar-refractivity contribution in [2.24, 2.45) is 0 Å². The van der Waals surface area contributed by atoms with Crippen molar-refractivity contribution in [3.63, 3.8) is 0 Å². The second-order valence-electron chi connectivity index (χ2n) is 3.51. The van der Waals surface area contributed by atoms with Crippen LogP contribution in [0.15, 0.2) is 53.3 Å². The topological polar surface area (TPSA) is 26.0 Å². The lowest BCUT2D eigenvalue weighted by atomic mass is 10.1. The van der Waals surface area contributed by atoms with Gasteiger partial charge in [0.05, 0.1) is 0 Å². The molecule has 1 aromatic heterocycles. The fourth-order valence-electron chi connectivity index (χ4n) is 1.72. The number of nitrogens with zero attached hydrogens (tertiary/aromatic N) is 1. The van der Waals surface area contributed by atoms with E-state index in [9.17, 15) is 4.39 Å². The zero-order chi connectivity index (χ0) is 11.0. The van der Waals surface area contributed by atoms with E-state index in [1.54, 1.807) is 18.2 Å². The summed E-state index contributed by atoms with van der Waals surface area (Å²) in [5.74, 6) is -0.235. The van der Waals surface area contributed by atoms with Crippen LogP contribution in [0.25, 0.3) is 22.2 Å². The Bertz CT molecular complexity index is 645. The number of aromatic nitrogens is 1. The number of benzene rings is 2. The van der Waals surface area contributed by atoms with Crippen molar-refractivity contribution in [2.75, 3.05) is 0 Å². The van der Waals surface area contributed by atoms with E-state index in [2.05, 4.69) is 4.98 Å². The zero-order valence-electron chi connectivity index (χ0n) is 8.35. The molecule has 0 N–H and O–H groups in total. The van der Waals surface area contributed by atoms with Crippen LogP contribution in [0.1, 0.15) is 0 Å². The van der Waals surface area contributed by atoms with Crippen molar-refractivity contribution < 1.29 is 8.81 Å². The summed E-state index contributed by atoms with van der Waals surface area (Å²) in [4.78, 5) is 4.02. The molecular weight excluding hydrogens is 205 g/mol. The van der Waals surface area contributed by atoms with Crippen LogP contribution in [0.2, 0.25) is 0 Å². The van der Waals surface area contributed by atoms with E-state index >= 15 is 0 Å². The summed E-state index contributed by atoms with van der Waals surface area (Å²) >= 11 is 0. The van der Waals surface area contributed by atoms with Gasteiger partial charge in [0.15, 0.2) is 12.0 Å². The molecule has 16 heavy (non-hydrogen) atoms. The van der Waals surface area contributed by atoms with Crippen molar-refractivity contribution in [1.82, 2.24) is 4.98 Å². The SMILES string of the molecule is Fc1ccccc1-c1ccc2ncoc2c1. The van der Waals surface area contributed by atoms with Gasteiger partial charge in [0.25, 0.3) is 0 Å². The molecule has 78 valence electrons. The molecular formula is C13H8FNO. The minimum atomic E-state index is -0.235. The molecule has 0 saturated carbocycles. The fourth-order valence-corrected chi connectivity index (χ4v) is 1.72. The molecule has 0 bridgehead atoms. The number of oxazole rings is 1. The van der Waals surface area contributed by atoms with E-state index in [1.165, 1.54) is 12.5 Å². The maximum atomic E-state index is 13.6.